The van der Waals surface area contributed by atoms with Crippen LogP contribution in [-0.2, 0) is 14.3 Å². The normalized spacial score (nSPS) is 17.6. The third-order valence-electron chi connectivity index (χ3n) is 6.82. The summed E-state index contributed by atoms with van der Waals surface area (Å²) in [4.78, 5) is 48.3. The standard InChI is InChI=1S/C29H28BrN3O5S/c1-5-10-19-23(28(36)38-7-3)24(18-15-16(30)13-14-21(18)37-4)33-27(35)25(39-29(33)31-19)22-17-11-8-9-12-20(17)32(6-2)26(22)34/h8-9,11-15,24H,5-7,10H2,1-4H3/b25-22-/t24-/m0/s1. The van der Waals surface area contributed by atoms with Gasteiger partial charge >= 0.3 is 5.97 Å². The van der Waals surface area contributed by atoms with Crippen LogP contribution in [0.2, 0.25) is 0 Å². The van der Waals surface area contributed by atoms with Gasteiger partial charge in [0.1, 0.15) is 16.3 Å². The minimum atomic E-state index is -0.849. The molecule has 1 atom stereocenters. The first-order chi connectivity index (χ1) is 18.9. The Labute approximate surface area is 238 Å². The molecule has 1 amide bonds. The molecular weight excluding hydrogens is 582 g/mol. The molecule has 0 saturated carbocycles. The molecule has 0 radical (unpaired) electrons. The molecule has 5 rings (SSSR count). The van der Waals surface area contributed by atoms with E-state index in [1.807, 2.05) is 50.2 Å². The van der Waals surface area contributed by atoms with E-state index in [9.17, 15) is 14.4 Å². The molecule has 2 aliphatic rings. The number of carbonyl (C=O) groups excluding carboxylic acids is 2. The average molecular weight is 611 g/mol. The molecule has 0 fully saturated rings. The summed E-state index contributed by atoms with van der Waals surface area (Å²) in [5.74, 6) is -0.242. The first kappa shape index (κ1) is 27.1. The van der Waals surface area contributed by atoms with E-state index in [1.165, 1.54) is 15.9 Å². The number of rotatable bonds is 7. The number of allylic oxidation sites excluding steroid dienone is 1. The molecule has 0 N–H and O–H groups in total. The number of nitrogens with zero attached hydrogens (tertiary/aromatic N) is 3. The van der Waals surface area contributed by atoms with Crippen molar-refractivity contribution in [3.05, 3.63) is 89.0 Å². The van der Waals surface area contributed by atoms with Crippen LogP contribution in [-0.4, -0.2) is 36.7 Å². The van der Waals surface area contributed by atoms with E-state index in [2.05, 4.69) is 15.9 Å². The van der Waals surface area contributed by atoms with Gasteiger partial charge < -0.3 is 14.4 Å². The summed E-state index contributed by atoms with van der Waals surface area (Å²) >= 11 is 4.71. The van der Waals surface area contributed by atoms with Gasteiger partial charge in [0.15, 0.2) is 4.80 Å². The summed E-state index contributed by atoms with van der Waals surface area (Å²) in [7, 11) is 1.55. The highest BCUT2D eigenvalue weighted by atomic mass is 79.9. The molecule has 2 aromatic carbocycles. The SMILES string of the molecule is CCCC1=C(C(=O)OCC)[C@H](c2cc(Br)ccc2OC)n2c(s/c(=C3\C(=O)N(CC)c4ccccc43)c2=O)=N1. The molecule has 0 saturated heterocycles. The van der Waals surface area contributed by atoms with Crippen molar-refractivity contribution in [2.75, 3.05) is 25.2 Å². The lowest BCUT2D eigenvalue weighted by Gasteiger charge is -2.27. The number of carbonyl (C=O) groups is 2. The molecule has 39 heavy (non-hydrogen) atoms. The predicted molar refractivity (Wildman–Crippen MR) is 154 cm³/mol. The number of ether oxygens (including phenoxy) is 2. The Morgan fingerprint density at radius 1 is 1.13 bits per heavy atom. The summed E-state index contributed by atoms with van der Waals surface area (Å²) < 4.78 is 13.7. The van der Waals surface area contributed by atoms with Crippen LogP contribution in [0.15, 0.2) is 68.0 Å². The van der Waals surface area contributed by atoms with Crippen molar-refractivity contribution >= 4 is 50.4 Å². The van der Waals surface area contributed by atoms with Crippen LogP contribution in [0.3, 0.4) is 0 Å². The number of hydrogen-bond acceptors (Lipinski definition) is 7. The first-order valence-electron chi connectivity index (χ1n) is 12.8. The van der Waals surface area contributed by atoms with Crippen molar-refractivity contribution in [1.82, 2.24) is 4.57 Å². The molecule has 0 spiro atoms. The maximum Gasteiger partial charge on any atom is 0.338 e. The Bertz CT molecular complexity index is 1700. The number of aromatic nitrogens is 1. The maximum absolute atomic E-state index is 14.3. The highest BCUT2D eigenvalue weighted by Gasteiger charge is 2.38. The van der Waals surface area contributed by atoms with Crippen molar-refractivity contribution < 1.29 is 19.1 Å². The van der Waals surface area contributed by atoms with E-state index in [4.69, 9.17) is 14.5 Å². The summed E-state index contributed by atoms with van der Waals surface area (Å²) in [6.07, 6.45) is 1.26. The number of benzene rings is 2. The number of methoxy groups -OCH3 is 1. The van der Waals surface area contributed by atoms with Crippen LogP contribution >= 0.6 is 27.3 Å². The lowest BCUT2D eigenvalue weighted by molar-refractivity contribution is -0.139. The Morgan fingerprint density at radius 2 is 1.90 bits per heavy atom. The fraction of sp³-hybridized carbons (Fsp3) is 0.310. The second-order valence-corrected chi connectivity index (χ2v) is 11.0. The molecule has 3 aromatic rings. The number of thiazole rings is 1. The van der Waals surface area contributed by atoms with Gasteiger partial charge in [0.2, 0.25) is 0 Å². The molecule has 10 heteroatoms. The fourth-order valence-electron chi connectivity index (χ4n) is 5.20. The smallest absolute Gasteiger partial charge is 0.338 e. The average Bonchev–Trinajstić information content (AvgIpc) is 3.40. The van der Waals surface area contributed by atoms with Gasteiger partial charge in [-0.2, -0.15) is 0 Å². The third-order valence-corrected chi connectivity index (χ3v) is 8.37. The molecule has 1 aromatic heterocycles. The number of anilines is 1. The molecule has 3 heterocycles. The lowest BCUT2D eigenvalue weighted by atomic mass is 9.93. The first-order valence-corrected chi connectivity index (χ1v) is 14.5. The zero-order chi connectivity index (χ0) is 27.8. The van der Waals surface area contributed by atoms with Gasteiger partial charge in [-0.1, -0.05) is 58.8 Å². The number of halogens is 1. The van der Waals surface area contributed by atoms with E-state index in [1.54, 1.807) is 25.0 Å². The molecule has 0 unspecified atom stereocenters. The number of hydrogen-bond donors (Lipinski definition) is 0. The second-order valence-electron chi connectivity index (χ2n) is 9.06. The van der Waals surface area contributed by atoms with Crippen molar-refractivity contribution in [3.8, 4) is 5.75 Å². The Balaban J connectivity index is 1.89. The van der Waals surface area contributed by atoms with Crippen molar-refractivity contribution in [2.24, 2.45) is 4.99 Å². The number of para-hydroxylation sites is 1. The zero-order valence-corrected chi connectivity index (χ0v) is 24.5. The van der Waals surface area contributed by atoms with E-state index in [0.717, 1.165) is 16.6 Å². The summed E-state index contributed by atoms with van der Waals surface area (Å²) in [5.41, 5.74) is 2.93. The van der Waals surface area contributed by atoms with Crippen LogP contribution in [0.1, 0.15) is 50.8 Å². The van der Waals surface area contributed by atoms with Crippen LogP contribution < -0.4 is 24.5 Å². The van der Waals surface area contributed by atoms with Crippen LogP contribution in [0.25, 0.3) is 5.57 Å². The Hall–Kier alpha value is -3.50. The maximum atomic E-state index is 14.3. The quantitative estimate of drug-likeness (QED) is 0.376. The van der Waals surface area contributed by atoms with Crippen LogP contribution in [0, 0.1) is 0 Å². The molecule has 0 aliphatic carbocycles. The number of amides is 1. The largest absolute Gasteiger partial charge is 0.496 e. The minimum Gasteiger partial charge on any atom is -0.496 e. The Morgan fingerprint density at radius 3 is 2.59 bits per heavy atom. The van der Waals surface area contributed by atoms with Gasteiger partial charge in [0.05, 0.1) is 36.2 Å². The zero-order valence-electron chi connectivity index (χ0n) is 22.1. The minimum absolute atomic E-state index is 0.177. The van der Waals surface area contributed by atoms with Gasteiger partial charge in [-0.25, -0.2) is 9.79 Å². The summed E-state index contributed by atoms with van der Waals surface area (Å²) in [6.45, 7) is 6.30. The van der Waals surface area contributed by atoms with Crippen LogP contribution in [0.5, 0.6) is 5.75 Å². The number of fused-ring (bicyclic) bond motifs is 2. The summed E-state index contributed by atoms with van der Waals surface area (Å²) in [6, 6.07) is 12.1. The molecule has 2 aliphatic heterocycles. The van der Waals surface area contributed by atoms with Crippen molar-refractivity contribution in [3.63, 3.8) is 0 Å². The lowest BCUT2D eigenvalue weighted by Crippen LogP contribution is -2.41. The molecule has 8 nitrogen and oxygen atoms in total. The van der Waals surface area contributed by atoms with E-state index >= 15 is 0 Å². The third kappa shape index (κ3) is 4.45. The monoisotopic (exact) mass is 609 g/mol. The summed E-state index contributed by atoms with van der Waals surface area (Å²) in [5, 5.41) is 0. The van der Waals surface area contributed by atoms with Gasteiger partial charge in [-0.05, 0) is 44.5 Å². The molecule has 0 bridgehead atoms. The highest BCUT2D eigenvalue weighted by Crippen LogP contribution is 2.39. The van der Waals surface area contributed by atoms with E-state index < -0.39 is 12.0 Å². The van der Waals surface area contributed by atoms with Gasteiger partial charge in [0, 0.05) is 22.1 Å². The van der Waals surface area contributed by atoms with Gasteiger partial charge in [0.25, 0.3) is 11.5 Å². The van der Waals surface area contributed by atoms with Gasteiger partial charge in [-0.3, -0.25) is 14.2 Å². The fourth-order valence-corrected chi connectivity index (χ4v) is 6.69. The van der Waals surface area contributed by atoms with Crippen LogP contribution in [0.4, 0.5) is 5.69 Å². The molecule has 202 valence electrons. The van der Waals surface area contributed by atoms with Crippen molar-refractivity contribution in [1.29, 1.82) is 0 Å². The number of esters is 1. The highest BCUT2D eigenvalue weighted by molar-refractivity contribution is 9.10. The van der Waals surface area contributed by atoms with Gasteiger partial charge in [-0.15, -0.1) is 0 Å². The predicted octanol–water partition coefficient (Wildman–Crippen LogP) is 4.09. The van der Waals surface area contributed by atoms with Crippen molar-refractivity contribution in [2.45, 2.75) is 39.7 Å². The Kier molecular flexibility index (Phi) is 7.59. The molecular formula is C29H28BrN3O5S. The van der Waals surface area contributed by atoms with E-state index in [-0.39, 0.29) is 18.1 Å². The second kappa shape index (κ2) is 10.9. The number of likely N-dealkylation sites (N-methyl/N-ethyl adjacent to an activating group) is 1. The topological polar surface area (TPSA) is 90.2 Å². The van der Waals surface area contributed by atoms with E-state index in [0.29, 0.717) is 56.0 Å².